The minimum atomic E-state index is -0.233. The molecule has 3 aliphatic rings. The highest BCUT2D eigenvalue weighted by molar-refractivity contribution is 5.87. The molecule has 2 aromatic carbocycles. The standard InChI is InChI=1S/C32H41FN4O3/c1-22(39)36-13-9-23(10-14-36)18-35-15-11-32(12-16-35)21-37(19-24-5-3-4-6-27(24)33)29(20-38)31-30(32)26-8-7-25(40-2)17-28(26)34-31/h3-8,17,23,29,34,38H,9-16,18-21H2,1-2H3. The Labute approximate surface area is 235 Å². The molecular formula is C32H41FN4O3. The number of fused-ring (bicyclic) bond motifs is 4. The summed E-state index contributed by atoms with van der Waals surface area (Å²) in [5, 5.41) is 11.8. The highest BCUT2D eigenvalue weighted by Crippen LogP contribution is 2.49. The first kappa shape index (κ1) is 27.2. The summed E-state index contributed by atoms with van der Waals surface area (Å²) in [6, 6.07) is 13.0. The first-order valence-electron chi connectivity index (χ1n) is 14.7. The molecule has 0 aliphatic carbocycles. The Morgan fingerprint density at radius 2 is 1.88 bits per heavy atom. The summed E-state index contributed by atoms with van der Waals surface area (Å²) in [5.41, 5.74) is 3.97. The van der Waals surface area contributed by atoms with Crippen molar-refractivity contribution in [3.8, 4) is 5.75 Å². The van der Waals surface area contributed by atoms with Crippen molar-refractivity contribution in [1.82, 2.24) is 19.7 Å². The monoisotopic (exact) mass is 548 g/mol. The number of piperidine rings is 2. The summed E-state index contributed by atoms with van der Waals surface area (Å²) in [6.45, 7) is 7.70. The fraction of sp³-hybridized carbons (Fsp3) is 0.531. The van der Waals surface area contributed by atoms with Gasteiger partial charge in [-0.25, -0.2) is 4.39 Å². The van der Waals surface area contributed by atoms with E-state index in [1.165, 1.54) is 17.0 Å². The number of H-pyrrole nitrogens is 1. The molecule has 7 nitrogen and oxygen atoms in total. The molecule has 0 saturated carbocycles. The molecule has 4 heterocycles. The molecule has 1 aromatic heterocycles. The van der Waals surface area contributed by atoms with Gasteiger partial charge in [0.05, 0.1) is 19.8 Å². The van der Waals surface area contributed by atoms with Crippen molar-refractivity contribution < 1.29 is 19.0 Å². The molecule has 2 N–H and O–H groups in total. The molecule has 3 aliphatic heterocycles. The van der Waals surface area contributed by atoms with E-state index in [-0.39, 0.29) is 29.8 Å². The summed E-state index contributed by atoms with van der Waals surface area (Å²) in [6.07, 6.45) is 4.17. The lowest BCUT2D eigenvalue weighted by Crippen LogP contribution is -2.54. The van der Waals surface area contributed by atoms with Gasteiger partial charge in [-0.15, -0.1) is 0 Å². The van der Waals surface area contributed by atoms with E-state index in [4.69, 9.17) is 4.74 Å². The molecule has 2 saturated heterocycles. The van der Waals surface area contributed by atoms with Crippen LogP contribution >= 0.6 is 0 Å². The number of ether oxygens (including phenoxy) is 1. The zero-order valence-corrected chi connectivity index (χ0v) is 23.7. The van der Waals surface area contributed by atoms with E-state index < -0.39 is 0 Å². The Bertz CT molecular complexity index is 1360. The van der Waals surface area contributed by atoms with E-state index in [9.17, 15) is 14.3 Å². The lowest BCUT2D eigenvalue weighted by atomic mass is 9.68. The van der Waals surface area contributed by atoms with Crippen molar-refractivity contribution in [3.63, 3.8) is 0 Å². The number of hydrogen-bond donors (Lipinski definition) is 2. The van der Waals surface area contributed by atoms with Gasteiger partial charge in [-0.2, -0.15) is 0 Å². The maximum atomic E-state index is 14.8. The predicted octanol–water partition coefficient (Wildman–Crippen LogP) is 4.46. The third-order valence-corrected chi connectivity index (χ3v) is 9.74. The van der Waals surface area contributed by atoms with Gasteiger partial charge in [-0.3, -0.25) is 9.69 Å². The van der Waals surface area contributed by atoms with Crippen LogP contribution in [0.5, 0.6) is 5.75 Å². The van der Waals surface area contributed by atoms with Crippen LogP contribution in [0.4, 0.5) is 4.39 Å². The molecule has 214 valence electrons. The number of aliphatic hydroxyl groups excluding tert-OH is 1. The van der Waals surface area contributed by atoms with Crippen LogP contribution in [0.15, 0.2) is 42.5 Å². The number of benzene rings is 2. The number of amides is 1. The van der Waals surface area contributed by atoms with Crippen LogP contribution in [-0.2, 0) is 16.8 Å². The molecular weight excluding hydrogens is 507 g/mol. The van der Waals surface area contributed by atoms with Crippen molar-refractivity contribution in [2.24, 2.45) is 5.92 Å². The van der Waals surface area contributed by atoms with E-state index in [0.29, 0.717) is 18.0 Å². The predicted molar refractivity (Wildman–Crippen MR) is 154 cm³/mol. The van der Waals surface area contributed by atoms with Gasteiger partial charge in [0.1, 0.15) is 11.6 Å². The Balaban J connectivity index is 1.28. The molecule has 1 amide bonds. The van der Waals surface area contributed by atoms with Crippen molar-refractivity contribution >= 4 is 16.8 Å². The summed E-state index contributed by atoms with van der Waals surface area (Å²) in [5.74, 6) is 1.41. The van der Waals surface area contributed by atoms with Gasteiger partial charge in [0, 0.05) is 73.3 Å². The van der Waals surface area contributed by atoms with Crippen LogP contribution < -0.4 is 4.74 Å². The number of hydrogen-bond acceptors (Lipinski definition) is 5. The van der Waals surface area contributed by atoms with Crippen LogP contribution in [0.3, 0.4) is 0 Å². The van der Waals surface area contributed by atoms with Gasteiger partial charge in [-0.05, 0) is 68.5 Å². The number of carbonyl (C=O) groups excluding carboxylic acids is 1. The van der Waals surface area contributed by atoms with Crippen LogP contribution in [0.2, 0.25) is 0 Å². The molecule has 1 spiro atoms. The molecule has 1 atom stereocenters. The minimum Gasteiger partial charge on any atom is -0.497 e. The number of methoxy groups -OCH3 is 1. The van der Waals surface area contributed by atoms with Crippen molar-refractivity contribution in [2.45, 2.75) is 50.6 Å². The third kappa shape index (κ3) is 5.01. The average Bonchev–Trinajstić information content (AvgIpc) is 3.35. The molecule has 8 heteroatoms. The average molecular weight is 549 g/mol. The second kappa shape index (κ2) is 11.1. The van der Waals surface area contributed by atoms with E-state index in [1.807, 2.05) is 29.2 Å². The lowest BCUT2D eigenvalue weighted by Gasteiger charge is -2.51. The van der Waals surface area contributed by atoms with Gasteiger partial charge in [0.25, 0.3) is 0 Å². The first-order valence-corrected chi connectivity index (χ1v) is 14.7. The zero-order chi connectivity index (χ0) is 27.9. The van der Waals surface area contributed by atoms with E-state index in [2.05, 4.69) is 20.9 Å². The van der Waals surface area contributed by atoms with Gasteiger partial charge in [-0.1, -0.05) is 18.2 Å². The van der Waals surface area contributed by atoms with Crippen LogP contribution in [-0.4, -0.2) is 83.7 Å². The largest absolute Gasteiger partial charge is 0.497 e. The number of aromatic nitrogens is 1. The van der Waals surface area contributed by atoms with Crippen molar-refractivity contribution in [3.05, 3.63) is 65.1 Å². The molecule has 0 bridgehead atoms. The SMILES string of the molecule is COc1ccc2c3c([nH]c2c1)C(CO)N(Cc1ccccc1F)CC31CCN(CC2CCN(C(C)=O)CC2)CC1. The normalized spacial score (nSPS) is 22.1. The lowest BCUT2D eigenvalue weighted by molar-refractivity contribution is -0.130. The number of halogens is 1. The zero-order valence-electron chi connectivity index (χ0n) is 23.7. The van der Waals surface area contributed by atoms with Crippen LogP contribution in [0.25, 0.3) is 10.9 Å². The fourth-order valence-corrected chi connectivity index (χ4v) is 7.49. The highest BCUT2D eigenvalue weighted by atomic mass is 19.1. The minimum absolute atomic E-state index is 0.0351. The molecule has 0 radical (unpaired) electrons. The number of aromatic amines is 1. The third-order valence-electron chi connectivity index (χ3n) is 9.74. The number of carbonyl (C=O) groups is 1. The number of aliphatic hydroxyl groups is 1. The molecule has 2 fully saturated rings. The van der Waals surface area contributed by atoms with E-state index in [0.717, 1.165) is 81.9 Å². The maximum absolute atomic E-state index is 14.8. The highest BCUT2D eigenvalue weighted by Gasteiger charge is 2.47. The summed E-state index contributed by atoms with van der Waals surface area (Å²) in [4.78, 5) is 22.3. The molecule has 40 heavy (non-hydrogen) atoms. The number of nitrogens with zero attached hydrogens (tertiary/aromatic N) is 3. The van der Waals surface area contributed by atoms with Gasteiger partial charge < -0.3 is 24.6 Å². The summed E-state index contributed by atoms with van der Waals surface area (Å²) < 4.78 is 20.3. The topological polar surface area (TPSA) is 72.0 Å². The van der Waals surface area contributed by atoms with Gasteiger partial charge in [0.2, 0.25) is 5.91 Å². The summed E-state index contributed by atoms with van der Waals surface area (Å²) >= 11 is 0. The van der Waals surface area contributed by atoms with Gasteiger partial charge in [0.15, 0.2) is 0 Å². The van der Waals surface area contributed by atoms with Crippen molar-refractivity contribution in [1.29, 1.82) is 0 Å². The molecule has 1 unspecified atom stereocenters. The number of rotatable bonds is 6. The Morgan fingerprint density at radius 1 is 1.12 bits per heavy atom. The first-order chi connectivity index (χ1) is 19.4. The Hall–Kier alpha value is -2.94. The number of likely N-dealkylation sites (tertiary alicyclic amines) is 2. The smallest absolute Gasteiger partial charge is 0.219 e. The second-order valence-corrected chi connectivity index (χ2v) is 12.1. The number of nitrogens with one attached hydrogen (secondary N) is 1. The van der Waals surface area contributed by atoms with E-state index in [1.54, 1.807) is 20.1 Å². The Kier molecular flexibility index (Phi) is 7.59. The second-order valence-electron chi connectivity index (χ2n) is 12.1. The van der Waals surface area contributed by atoms with Crippen molar-refractivity contribution in [2.75, 3.05) is 53.0 Å². The van der Waals surface area contributed by atoms with Crippen LogP contribution in [0, 0.1) is 11.7 Å². The van der Waals surface area contributed by atoms with Gasteiger partial charge >= 0.3 is 0 Å². The molecule has 6 rings (SSSR count). The Morgan fingerprint density at radius 3 is 2.55 bits per heavy atom. The quantitative estimate of drug-likeness (QED) is 0.476. The molecule has 3 aromatic rings. The summed E-state index contributed by atoms with van der Waals surface area (Å²) in [7, 11) is 1.68. The van der Waals surface area contributed by atoms with E-state index >= 15 is 0 Å². The van der Waals surface area contributed by atoms with Crippen LogP contribution in [0.1, 0.15) is 55.5 Å². The fourth-order valence-electron chi connectivity index (χ4n) is 7.49. The maximum Gasteiger partial charge on any atom is 0.219 e.